The first-order valence-electron chi connectivity index (χ1n) is 3.63. The molecule has 0 radical (unpaired) electrons. The van der Waals surface area contributed by atoms with E-state index in [-0.39, 0.29) is 5.41 Å². The van der Waals surface area contributed by atoms with Crippen LogP contribution in [0.2, 0.25) is 0 Å². The van der Waals surface area contributed by atoms with Gasteiger partial charge >= 0.3 is 0 Å². The molecular weight excluding hydrogens is 202 g/mol. The van der Waals surface area contributed by atoms with Crippen molar-refractivity contribution in [2.24, 2.45) is 0 Å². The van der Waals surface area contributed by atoms with Gasteiger partial charge in [0.05, 0.1) is 0 Å². The molecule has 0 saturated heterocycles. The summed E-state index contributed by atoms with van der Waals surface area (Å²) in [5.41, 5.74) is 1.53. The maximum absolute atomic E-state index is 3.98. The van der Waals surface area contributed by atoms with Gasteiger partial charge in [0.15, 0.2) is 0 Å². The molecule has 0 N–H and O–H groups in total. The Morgan fingerprint density at radius 2 is 1.91 bits per heavy atom. The lowest BCUT2D eigenvalue weighted by Gasteiger charge is -2.21. The molecule has 0 spiro atoms. The molecule has 0 aliphatic carbocycles. The standard InChI is InChI=1S/C9H12BrN/c1-9(2,7-10)8-3-5-11-6-4-8/h3-6H,7H2,1-2H3. The topological polar surface area (TPSA) is 12.9 Å². The monoisotopic (exact) mass is 213 g/mol. The average Bonchev–Trinajstić information content (AvgIpc) is 2.06. The van der Waals surface area contributed by atoms with Gasteiger partial charge in [-0.3, -0.25) is 4.98 Å². The summed E-state index contributed by atoms with van der Waals surface area (Å²) in [6.45, 7) is 4.41. The normalized spacial score (nSPS) is 11.5. The van der Waals surface area contributed by atoms with E-state index in [0.29, 0.717) is 0 Å². The van der Waals surface area contributed by atoms with Gasteiger partial charge in [-0.25, -0.2) is 0 Å². The molecule has 0 saturated carbocycles. The maximum atomic E-state index is 3.98. The molecule has 0 fully saturated rings. The lowest BCUT2D eigenvalue weighted by atomic mass is 9.88. The zero-order valence-corrected chi connectivity index (χ0v) is 8.43. The molecule has 0 amide bonds. The molecule has 1 rings (SSSR count). The van der Waals surface area contributed by atoms with Gasteiger partial charge in [0.1, 0.15) is 0 Å². The Morgan fingerprint density at radius 1 is 1.36 bits per heavy atom. The van der Waals surface area contributed by atoms with E-state index in [9.17, 15) is 0 Å². The summed E-state index contributed by atoms with van der Waals surface area (Å²) in [5, 5.41) is 0.976. The third kappa shape index (κ3) is 2.03. The van der Waals surface area contributed by atoms with E-state index in [1.54, 1.807) is 0 Å². The maximum Gasteiger partial charge on any atom is 0.0270 e. The van der Waals surface area contributed by atoms with Crippen LogP contribution in [0, 0.1) is 0 Å². The summed E-state index contributed by atoms with van der Waals surface area (Å²) in [7, 11) is 0. The highest BCUT2D eigenvalue weighted by Crippen LogP contribution is 2.23. The molecule has 1 aromatic rings. The molecule has 1 aromatic heterocycles. The Kier molecular flexibility index (Phi) is 2.66. The number of hydrogen-bond donors (Lipinski definition) is 0. The predicted molar refractivity (Wildman–Crippen MR) is 51.1 cm³/mol. The van der Waals surface area contributed by atoms with E-state index in [4.69, 9.17) is 0 Å². The third-order valence-electron chi connectivity index (χ3n) is 1.80. The smallest absolute Gasteiger partial charge is 0.0270 e. The van der Waals surface area contributed by atoms with E-state index in [1.165, 1.54) is 5.56 Å². The minimum Gasteiger partial charge on any atom is -0.265 e. The fourth-order valence-electron chi connectivity index (χ4n) is 0.880. The van der Waals surface area contributed by atoms with Crippen LogP contribution in [0.5, 0.6) is 0 Å². The fourth-order valence-corrected chi connectivity index (χ4v) is 1.20. The SMILES string of the molecule is CC(C)(CBr)c1ccncc1. The fraction of sp³-hybridized carbons (Fsp3) is 0.444. The highest BCUT2D eigenvalue weighted by atomic mass is 79.9. The molecule has 0 aliphatic rings. The molecule has 0 bridgehead atoms. The van der Waals surface area contributed by atoms with Gasteiger partial charge in [-0.15, -0.1) is 0 Å². The molecular formula is C9H12BrN. The van der Waals surface area contributed by atoms with Crippen molar-refractivity contribution in [1.29, 1.82) is 0 Å². The zero-order chi connectivity index (χ0) is 8.32. The van der Waals surface area contributed by atoms with E-state index >= 15 is 0 Å². The molecule has 0 aliphatic heterocycles. The summed E-state index contributed by atoms with van der Waals surface area (Å²) >= 11 is 3.49. The van der Waals surface area contributed by atoms with Crippen molar-refractivity contribution in [2.75, 3.05) is 5.33 Å². The van der Waals surface area contributed by atoms with Crippen molar-refractivity contribution >= 4 is 15.9 Å². The van der Waals surface area contributed by atoms with E-state index in [2.05, 4.69) is 46.9 Å². The van der Waals surface area contributed by atoms with Crippen LogP contribution in [0.1, 0.15) is 19.4 Å². The molecule has 60 valence electrons. The molecule has 1 heterocycles. The average molecular weight is 214 g/mol. The van der Waals surface area contributed by atoms with Gasteiger partial charge < -0.3 is 0 Å². The Bertz CT molecular complexity index is 218. The molecule has 0 aromatic carbocycles. The molecule has 2 heteroatoms. The Hall–Kier alpha value is -0.370. The van der Waals surface area contributed by atoms with Gasteiger partial charge in [0.2, 0.25) is 0 Å². The van der Waals surface area contributed by atoms with Crippen LogP contribution in [0.15, 0.2) is 24.5 Å². The number of alkyl halides is 1. The number of nitrogens with zero attached hydrogens (tertiary/aromatic N) is 1. The molecule has 0 unspecified atom stereocenters. The second-order valence-electron chi connectivity index (χ2n) is 3.25. The number of rotatable bonds is 2. The first kappa shape index (κ1) is 8.72. The van der Waals surface area contributed by atoms with Crippen LogP contribution in [0.25, 0.3) is 0 Å². The van der Waals surface area contributed by atoms with Crippen LogP contribution in [0.3, 0.4) is 0 Å². The van der Waals surface area contributed by atoms with Crippen LogP contribution < -0.4 is 0 Å². The summed E-state index contributed by atoms with van der Waals surface area (Å²) in [5.74, 6) is 0. The number of halogens is 1. The van der Waals surface area contributed by atoms with Crippen molar-refractivity contribution in [2.45, 2.75) is 19.3 Å². The van der Waals surface area contributed by atoms with E-state index < -0.39 is 0 Å². The summed E-state index contributed by atoms with van der Waals surface area (Å²) in [6, 6.07) is 4.11. The van der Waals surface area contributed by atoms with E-state index in [1.807, 2.05) is 12.4 Å². The van der Waals surface area contributed by atoms with Gasteiger partial charge in [-0.1, -0.05) is 29.8 Å². The first-order valence-corrected chi connectivity index (χ1v) is 4.75. The van der Waals surface area contributed by atoms with Crippen LogP contribution >= 0.6 is 15.9 Å². The predicted octanol–water partition coefficient (Wildman–Crippen LogP) is 2.75. The van der Waals surface area contributed by atoms with Crippen molar-refractivity contribution in [3.05, 3.63) is 30.1 Å². The highest BCUT2D eigenvalue weighted by Gasteiger charge is 2.17. The second kappa shape index (κ2) is 3.35. The quantitative estimate of drug-likeness (QED) is 0.689. The number of pyridine rings is 1. The summed E-state index contributed by atoms with van der Waals surface area (Å²) in [6.07, 6.45) is 3.67. The molecule has 1 nitrogen and oxygen atoms in total. The van der Waals surface area contributed by atoms with E-state index in [0.717, 1.165) is 5.33 Å². The van der Waals surface area contributed by atoms with Gasteiger partial charge in [0, 0.05) is 17.7 Å². The lowest BCUT2D eigenvalue weighted by molar-refractivity contribution is 0.605. The van der Waals surface area contributed by atoms with Crippen molar-refractivity contribution in [1.82, 2.24) is 4.98 Å². The van der Waals surface area contributed by atoms with Crippen LogP contribution in [-0.4, -0.2) is 10.3 Å². The largest absolute Gasteiger partial charge is 0.265 e. The number of aromatic nitrogens is 1. The van der Waals surface area contributed by atoms with Crippen molar-refractivity contribution in [3.8, 4) is 0 Å². The zero-order valence-electron chi connectivity index (χ0n) is 6.84. The Labute approximate surface area is 76.0 Å². The third-order valence-corrected chi connectivity index (χ3v) is 3.20. The number of hydrogen-bond acceptors (Lipinski definition) is 1. The summed E-state index contributed by atoms with van der Waals surface area (Å²) < 4.78 is 0. The minimum absolute atomic E-state index is 0.211. The van der Waals surface area contributed by atoms with Gasteiger partial charge in [-0.05, 0) is 23.1 Å². The second-order valence-corrected chi connectivity index (χ2v) is 3.81. The highest BCUT2D eigenvalue weighted by molar-refractivity contribution is 9.09. The van der Waals surface area contributed by atoms with Gasteiger partial charge in [-0.2, -0.15) is 0 Å². The first-order chi connectivity index (χ1) is 5.17. The van der Waals surface area contributed by atoms with Crippen molar-refractivity contribution < 1.29 is 0 Å². The Balaban J connectivity index is 2.93. The Morgan fingerprint density at radius 3 is 2.36 bits per heavy atom. The van der Waals surface area contributed by atoms with Crippen LogP contribution in [-0.2, 0) is 5.41 Å². The molecule has 11 heavy (non-hydrogen) atoms. The van der Waals surface area contributed by atoms with Gasteiger partial charge in [0.25, 0.3) is 0 Å². The lowest BCUT2D eigenvalue weighted by Crippen LogP contribution is -2.18. The molecule has 0 atom stereocenters. The summed E-state index contributed by atoms with van der Waals surface area (Å²) in [4.78, 5) is 3.98. The van der Waals surface area contributed by atoms with Crippen LogP contribution in [0.4, 0.5) is 0 Å². The van der Waals surface area contributed by atoms with Crippen molar-refractivity contribution in [3.63, 3.8) is 0 Å². The minimum atomic E-state index is 0.211.